The monoisotopic (exact) mass is 431 g/mol. The molecular weight excluding hydrogens is 398 g/mol. The van der Waals surface area contributed by atoms with Crippen LogP contribution in [0.2, 0.25) is 0 Å². The Balaban J connectivity index is 1.63. The van der Waals surface area contributed by atoms with E-state index in [-0.39, 0.29) is 5.97 Å². The van der Waals surface area contributed by atoms with E-state index in [1.54, 1.807) is 6.07 Å². The lowest BCUT2D eigenvalue weighted by molar-refractivity contribution is 0.0367. The molecule has 0 aromatic heterocycles. The summed E-state index contributed by atoms with van der Waals surface area (Å²) in [6, 6.07) is 7.35. The molecule has 0 amide bonds. The quantitative estimate of drug-likeness (QED) is 0.384. The van der Waals surface area contributed by atoms with Crippen molar-refractivity contribution in [2.45, 2.75) is 25.7 Å². The van der Waals surface area contributed by atoms with E-state index in [2.05, 4.69) is 27.3 Å². The van der Waals surface area contributed by atoms with Crippen molar-refractivity contribution in [3.8, 4) is 0 Å². The summed E-state index contributed by atoms with van der Waals surface area (Å²) in [4.78, 5) is 16.8. The van der Waals surface area contributed by atoms with Crippen molar-refractivity contribution < 1.29 is 14.3 Å². The molecule has 6 nitrogen and oxygen atoms in total. The third-order valence-corrected chi connectivity index (χ3v) is 6.08. The van der Waals surface area contributed by atoms with Crippen molar-refractivity contribution in [1.29, 1.82) is 0 Å². The van der Waals surface area contributed by atoms with Gasteiger partial charge in [-0.3, -0.25) is 4.90 Å². The number of esters is 1. The number of methoxy groups -OCH3 is 1. The first-order valence-electron chi connectivity index (χ1n) is 10.9. The van der Waals surface area contributed by atoms with Gasteiger partial charge in [0.05, 0.1) is 31.6 Å². The summed E-state index contributed by atoms with van der Waals surface area (Å²) in [5, 5.41) is 3.98. The number of hydrogen-bond donors (Lipinski definition) is 1. The molecule has 1 N–H and O–H groups in total. The number of carbonyl (C=O) groups is 1. The van der Waals surface area contributed by atoms with Gasteiger partial charge in [0.25, 0.3) is 0 Å². The Labute approximate surface area is 185 Å². The van der Waals surface area contributed by atoms with Crippen LogP contribution in [0.5, 0.6) is 0 Å². The van der Waals surface area contributed by atoms with Gasteiger partial charge < -0.3 is 19.7 Å². The van der Waals surface area contributed by atoms with Crippen LogP contribution in [0.4, 0.5) is 5.69 Å². The molecular formula is C23H33N3O3S. The molecule has 1 atom stereocenters. The van der Waals surface area contributed by atoms with Crippen LogP contribution in [0.25, 0.3) is 0 Å². The first-order chi connectivity index (χ1) is 14.7. The van der Waals surface area contributed by atoms with E-state index in [0.29, 0.717) is 22.3 Å². The fraction of sp³-hybridized carbons (Fsp3) is 0.565. The van der Waals surface area contributed by atoms with Gasteiger partial charge in [-0.1, -0.05) is 24.3 Å². The van der Waals surface area contributed by atoms with Crippen molar-refractivity contribution in [3.63, 3.8) is 0 Å². The predicted octanol–water partition coefficient (Wildman–Crippen LogP) is 3.55. The largest absolute Gasteiger partial charge is 0.465 e. The lowest BCUT2D eigenvalue weighted by atomic mass is 9.94. The molecule has 1 aliphatic carbocycles. The van der Waals surface area contributed by atoms with Gasteiger partial charge in [-0.2, -0.15) is 0 Å². The SMILES string of the molecule is COC(=O)c1ccccc1NC(=S)N(CCCN1CCOCC1)CC1CC=CCC1. The first kappa shape index (κ1) is 22.7. The van der Waals surface area contributed by atoms with Crippen LogP contribution in [-0.4, -0.2) is 73.9 Å². The molecule has 1 aromatic rings. The number of hydrogen-bond acceptors (Lipinski definition) is 5. The number of thiocarbonyl (C=S) groups is 1. The van der Waals surface area contributed by atoms with Crippen LogP contribution in [0.15, 0.2) is 36.4 Å². The van der Waals surface area contributed by atoms with Gasteiger partial charge in [0.1, 0.15) is 0 Å². The number of nitrogens with zero attached hydrogens (tertiary/aromatic N) is 2. The minimum Gasteiger partial charge on any atom is -0.465 e. The van der Waals surface area contributed by atoms with E-state index in [1.807, 2.05) is 18.2 Å². The summed E-state index contributed by atoms with van der Waals surface area (Å²) in [7, 11) is 1.39. The molecule has 1 heterocycles. The molecule has 2 aliphatic rings. The number of allylic oxidation sites excluding steroid dienone is 2. The Bertz CT molecular complexity index is 734. The van der Waals surface area contributed by atoms with Crippen molar-refractivity contribution in [2.75, 3.05) is 58.4 Å². The summed E-state index contributed by atoms with van der Waals surface area (Å²) < 4.78 is 10.4. The van der Waals surface area contributed by atoms with Gasteiger partial charge in [0, 0.05) is 32.7 Å². The highest BCUT2D eigenvalue weighted by atomic mass is 32.1. The van der Waals surface area contributed by atoms with Crippen molar-refractivity contribution in [3.05, 3.63) is 42.0 Å². The fourth-order valence-corrected chi connectivity index (χ4v) is 4.27. The van der Waals surface area contributed by atoms with E-state index < -0.39 is 0 Å². The zero-order valence-electron chi connectivity index (χ0n) is 17.8. The molecule has 7 heteroatoms. The van der Waals surface area contributed by atoms with Crippen LogP contribution in [-0.2, 0) is 9.47 Å². The second-order valence-electron chi connectivity index (χ2n) is 7.87. The molecule has 0 spiro atoms. The highest BCUT2D eigenvalue weighted by molar-refractivity contribution is 7.80. The predicted molar refractivity (Wildman–Crippen MR) is 124 cm³/mol. The summed E-state index contributed by atoms with van der Waals surface area (Å²) in [6.07, 6.45) is 9.02. The van der Waals surface area contributed by atoms with E-state index in [4.69, 9.17) is 21.7 Å². The summed E-state index contributed by atoms with van der Waals surface area (Å²) in [5.41, 5.74) is 1.19. The van der Waals surface area contributed by atoms with E-state index in [0.717, 1.165) is 65.2 Å². The lowest BCUT2D eigenvalue weighted by Gasteiger charge is -2.32. The molecule has 1 fully saturated rings. The number of anilines is 1. The standard InChI is InChI=1S/C23H33N3O3S/c1-28-22(27)20-10-5-6-11-21(20)24-23(30)26(18-19-8-3-2-4-9-19)13-7-12-25-14-16-29-17-15-25/h2-3,5-6,10-11,19H,4,7-9,12-18H2,1H3,(H,24,30). The first-order valence-corrected chi connectivity index (χ1v) is 11.3. The minimum atomic E-state index is -0.364. The highest BCUT2D eigenvalue weighted by Crippen LogP contribution is 2.21. The van der Waals surface area contributed by atoms with Crippen LogP contribution in [0.3, 0.4) is 0 Å². The Kier molecular flexibility index (Phi) is 9.11. The van der Waals surface area contributed by atoms with Gasteiger partial charge in [0.15, 0.2) is 5.11 Å². The van der Waals surface area contributed by atoms with E-state index in [9.17, 15) is 4.79 Å². The number of ether oxygens (including phenoxy) is 2. The maximum absolute atomic E-state index is 12.1. The molecule has 164 valence electrons. The highest BCUT2D eigenvalue weighted by Gasteiger charge is 2.20. The topological polar surface area (TPSA) is 54.0 Å². The number of carbonyl (C=O) groups excluding carboxylic acids is 1. The molecule has 0 radical (unpaired) electrons. The minimum absolute atomic E-state index is 0.364. The molecule has 1 saturated heterocycles. The van der Waals surface area contributed by atoms with Crippen molar-refractivity contribution in [1.82, 2.24) is 9.80 Å². The normalized spacial score (nSPS) is 19.3. The molecule has 1 aliphatic heterocycles. The molecule has 1 aromatic carbocycles. The third-order valence-electron chi connectivity index (χ3n) is 5.72. The van der Waals surface area contributed by atoms with Gasteiger partial charge in [0.2, 0.25) is 0 Å². The maximum Gasteiger partial charge on any atom is 0.339 e. The molecule has 30 heavy (non-hydrogen) atoms. The summed E-state index contributed by atoms with van der Waals surface area (Å²) >= 11 is 5.79. The van der Waals surface area contributed by atoms with E-state index >= 15 is 0 Å². The number of rotatable bonds is 8. The van der Waals surface area contributed by atoms with Crippen molar-refractivity contribution >= 4 is 29.0 Å². The Morgan fingerprint density at radius 2 is 2.10 bits per heavy atom. The number of morpholine rings is 1. The van der Waals surface area contributed by atoms with Crippen LogP contribution in [0.1, 0.15) is 36.0 Å². The van der Waals surface area contributed by atoms with Gasteiger partial charge >= 0.3 is 5.97 Å². The zero-order chi connectivity index (χ0) is 21.2. The molecule has 1 unspecified atom stereocenters. The molecule has 0 saturated carbocycles. The van der Waals surface area contributed by atoms with Crippen LogP contribution in [0, 0.1) is 5.92 Å². The maximum atomic E-state index is 12.1. The molecule has 0 bridgehead atoms. The number of nitrogens with one attached hydrogen (secondary N) is 1. The molecule has 3 rings (SSSR count). The van der Waals surface area contributed by atoms with Crippen LogP contribution >= 0.6 is 12.2 Å². The number of benzene rings is 1. The second kappa shape index (κ2) is 12.0. The smallest absolute Gasteiger partial charge is 0.339 e. The Morgan fingerprint density at radius 1 is 1.30 bits per heavy atom. The summed E-state index contributed by atoms with van der Waals surface area (Å²) in [5.74, 6) is 0.242. The lowest BCUT2D eigenvalue weighted by Crippen LogP contribution is -2.42. The van der Waals surface area contributed by atoms with Gasteiger partial charge in [-0.15, -0.1) is 0 Å². The third kappa shape index (κ3) is 6.79. The van der Waals surface area contributed by atoms with Gasteiger partial charge in [-0.05, 0) is 56.0 Å². The Morgan fingerprint density at radius 3 is 2.83 bits per heavy atom. The zero-order valence-corrected chi connectivity index (χ0v) is 18.7. The number of para-hydroxylation sites is 1. The summed E-state index contributed by atoms with van der Waals surface area (Å²) in [6.45, 7) is 6.52. The van der Waals surface area contributed by atoms with Crippen LogP contribution < -0.4 is 5.32 Å². The Hall–Kier alpha value is -1.96. The fourth-order valence-electron chi connectivity index (χ4n) is 3.99. The average molecular weight is 432 g/mol. The van der Waals surface area contributed by atoms with Gasteiger partial charge in [-0.25, -0.2) is 4.79 Å². The van der Waals surface area contributed by atoms with E-state index in [1.165, 1.54) is 13.5 Å². The van der Waals surface area contributed by atoms with Crippen molar-refractivity contribution in [2.24, 2.45) is 5.92 Å². The second-order valence-corrected chi connectivity index (χ2v) is 8.26. The average Bonchev–Trinajstić information content (AvgIpc) is 2.79.